The van der Waals surface area contributed by atoms with Gasteiger partial charge in [0.25, 0.3) is 5.91 Å². The zero-order valence-electron chi connectivity index (χ0n) is 16.7. The molecular formula is C21H25NO5S. The van der Waals surface area contributed by atoms with E-state index in [2.05, 4.69) is 11.4 Å². The Morgan fingerprint density at radius 1 is 1.04 bits per heavy atom. The molecule has 0 fully saturated rings. The number of amides is 1. The Bertz CT molecular complexity index is 853. The third-order valence-corrected chi connectivity index (χ3v) is 5.15. The fourth-order valence-corrected chi connectivity index (χ4v) is 3.33. The maximum absolute atomic E-state index is 12.3. The second-order valence-electron chi connectivity index (χ2n) is 6.25. The molecule has 0 radical (unpaired) electrons. The quantitative estimate of drug-likeness (QED) is 0.531. The molecule has 0 saturated heterocycles. The average Bonchev–Trinajstić information content (AvgIpc) is 2.67. The first-order chi connectivity index (χ1) is 13.3. The molecule has 0 bridgehead atoms. The van der Waals surface area contributed by atoms with Crippen molar-refractivity contribution in [3.63, 3.8) is 0 Å². The first-order valence-electron chi connectivity index (χ1n) is 8.76. The van der Waals surface area contributed by atoms with E-state index >= 15 is 0 Å². The fourth-order valence-electron chi connectivity index (χ4n) is 2.54. The number of carbonyl (C=O) groups excluding carboxylic acids is 2. The maximum Gasteiger partial charge on any atom is 0.317 e. The van der Waals surface area contributed by atoms with Crippen LogP contribution in [-0.2, 0) is 14.3 Å². The van der Waals surface area contributed by atoms with Gasteiger partial charge in [-0.05, 0) is 44.5 Å². The van der Waals surface area contributed by atoms with Crippen LogP contribution < -0.4 is 14.8 Å². The van der Waals surface area contributed by atoms with Crippen molar-refractivity contribution in [2.45, 2.75) is 31.8 Å². The molecule has 6 nitrogen and oxygen atoms in total. The Labute approximate surface area is 169 Å². The van der Waals surface area contributed by atoms with Crippen molar-refractivity contribution in [1.82, 2.24) is 0 Å². The second kappa shape index (κ2) is 10.0. The molecule has 0 aromatic heterocycles. The van der Waals surface area contributed by atoms with Crippen molar-refractivity contribution in [2.75, 3.05) is 25.3 Å². The summed E-state index contributed by atoms with van der Waals surface area (Å²) in [5.41, 5.74) is 2.80. The van der Waals surface area contributed by atoms with Crippen LogP contribution in [0, 0.1) is 13.8 Å². The molecule has 0 saturated carbocycles. The van der Waals surface area contributed by atoms with E-state index in [0.717, 1.165) is 10.5 Å². The van der Waals surface area contributed by atoms with Crippen molar-refractivity contribution in [1.29, 1.82) is 0 Å². The third kappa shape index (κ3) is 5.92. The van der Waals surface area contributed by atoms with Gasteiger partial charge in [-0.3, -0.25) is 9.59 Å². The number of hydrogen-bond acceptors (Lipinski definition) is 6. The Morgan fingerprint density at radius 2 is 1.75 bits per heavy atom. The number of thioether (sulfide) groups is 1. The number of rotatable bonds is 8. The number of hydrogen-bond donors (Lipinski definition) is 1. The zero-order chi connectivity index (χ0) is 20.7. The summed E-state index contributed by atoms with van der Waals surface area (Å²) in [6, 6.07) is 11.1. The normalized spacial score (nSPS) is 11.5. The highest BCUT2D eigenvalue weighted by Crippen LogP contribution is 2.30. The van der Waals surface area contributed by atoms with E-state index < -0.39 is 18.0 Å². The van der Waals surface area contributed by atoms with Crippen molar-refractivity contribution < 1.29 is 23.8 Å². The number of methoxy groups -OCH3 is 2. The third-order valence-electron chi connectivity index (χ3n) is 4.00. The molecular weight excluding hydrogens is 378 g/mol. The SMILES string of the molecule is COc1ccc(NC(=O)[C@@H](C)OC(=O)CSc2ccc(C)cc2C)cc1OC. The molecule has 0 heterocycles. The molecule has 150 valence electrons. The number of ether oxygens (including phenoxy) is 3. The summed E-state index contributed by atoms with van der Waals surface area (Å²) in [6.45, 7) is 5.56. The van der Waals surface area contributed by atoms with Crippen LogP contribution in [0.3, 0.4) is 0 Å². The summed E-state index contributed by atoms with van der Waals surface area (Å²) in [5.74, 6) is 0.327. The number of esters is 1. The summed E-state index contributed by atoms with van der Waals surface area (Å²) in [4.78, 5) is 25.4. The molecule has 0 aliphatic carbocycles. The highest BCUT2D eigenvalue weighted by Gasteiger charge is 2.19. The van der Waals surface area contributed by atoms with E-state index in [1.165, 1.54) is 38.5 Å². The lowest BCUT2D eigenvalue weighted by molar-refractivity contribution is -0.150. The second-order valence-corrected chi connectivity index (χ2v) is 7.27. The van der Waals surface area contributed by atoms with Gasteiger partial charge in [-0.15, -0.1) is 11.8 Å². The number of benzene rings is 2. The minimum absolute atomic E-state index is 0.137. The van der Waals surface area contributed by atoms with Gasteiger partial charge in [0.2, 0.25) is 0 Å². The monoisotopic (exact) mass is 403 g/mol. The van der Waals surface area contributed by atoms with E-state index in [-0.39, 0.29) is 5.75 Å². The predicted octanol–water partition coefficient (Wildman–Crippen LogP) is 3.98. The zero-order valence-corrected chi connectivity index (χ0v) is 17.5. The molecule has 1 N–H and O–H groups in total. The van der Waals surface area contributed by atoms with E-state index in [4.69, 9.17) is 14.2 Å². The van der Waals surface area contributed by atoms with Gasteiger partial charge >= 0.3 is 5.97 Å². The molecule has 2 rings (SSSR count). The van der Waals surface area contributed by atoms with Gasteiger partial charge in [-0.2, -0.15) is 0 Å². The molecule has 2 aromatic rings. The lowest BCUT2D eigenvalue weighted by atomic mass is 10.2. The Kier molecular flexibility index (Phi) is 7.75. The van der Waals surface area contributed by atoms with Gasteiger partial charge in [-0.1, -0.05) is 17.7 Å². The van der Waals surface area contributed by atoms with Crippen LogP contribution in [0.1, 0.15) is 18.1 Å². The number of nitrogens with one attached hydrogen (secondary N) is 1. The van der Waals surface area contributed by atoms with E-state index in [0.29, 0.717) is 17.2 Å². The van der Waals surface area contributed by atoms with Crippen LogP contribution >= 0.6 is 11.8 Å². The highest BCUT2D eigenvalue weighted by atomic mass is 32.2. The fraction of sp³-hybridized carbons (Fsp3) is 0.333. The lowest BCUT2D eigenvalue weighted by Gasteiger charge is -2.15. The van der Waals surface area contributed by atoms with Gasteiger partial charge in [-0.25, -0.2) is 0 Å². The summed E-state index contributed by atoms with van der Waals surface area (Å²) < 4.78 is 15.6. The Hall–Kier alpha value is -2.67. The molecule has 0 aliphatic rings. The first kappa shape index (κ1) is 21.6. The minimum atomic E-state index is -0.916. The Morgan fingerprint density at radius 3 is 2.39 bits per heavy atom. The smallest absolute Gasteiger partial charge is 0.317 e. The average molecular weight is 404 g/mol. The molecule has 28 heavy (non-hydrogen) atoms. The largest absolute Gasteiger partial charge is 0.493 e. The molecule has 1 atom stereocenters. The number of aryl methyl sites for hydroxylation is 2. The van der Waals surface area contributed by atoms with Crippen molar-refractivity contribution >= 4 is 29.3 Å². The molecule has 0 spiro atoms. The Balaban J connectivity index is 1.88. The summed E-state index contributed by atoms with van der Waals surface area (Å²) in [7, 11) is 3.05. The number of anilines is 1. The van der Waals surface area contributed by atoms with Crippen LogP contribution in [0.2, 0.25) is 0 Å². The summed E-state index contributed by atoms with van der Waals surface area (Å²) >= 11 is 1.39. The highest BCUT2D eigenvalue weighted by molar-refractivity contribution is 8.00. The van der Waals surface area contributed by atoms with Crippen molar-refractivity contribution in [3.8, 4) is 11.5 Å². The molecule has 0 unspecified atom stereocenters. The minimum Gasteiger partial charge on any atom is -0.493 e. The van der Waals surface area contributed by atoms with Gasteiger partial charge in [0.1, 0.15) is 0 Å². The van der Waals surface area contributed by atoms with Crippen molar-refractivity contribution in [2.24, 2.45) is 0 Å². The van der Waals surface area contributed by atoms with Gasteiger partial charge < -0.3 is 19.5 Å². The van der Waals surface area contributed by atoms with Crippen LogP contribution in [0.25, 0.3) is 0 Å². The van der Waals surface area contributed by atoms with Gasteiger partial charge in [0.05, 0.1) is 20.0 Å². The van der Waals surface area contributed by atoms with Crippen LogP contribution in [0.4, 0.5) is 5.69 Å². The van der Waals surface area contributed by atoms with Crippen LogP contribution in [0.5, 0.6) is 11.5 Å². The molecule has 7 heteroatoms. The topological polar surface area (TPSA) is 73.9 Å². The summed E-state index contributed by atoms with van der Waals surface area (Å²) in [5, 5.41) is 2.70. The lowest BCUT2D eigenvalue weighted by Crippen LogP contribution is -2.30. The summed E-state index contributed by atoms with van der Waals surface area (Å²) in [6.07, 6.45) is -0.916. The predicted molar refractivity (Wildman–Crippen MR) is 110 cm³/mol. The molecule has 2 aromatic carbocycles. The van der Waals surface area contributed by atoms with Crippen LogP contribution in [-0.4, -0.2) is 38.0 Å². The van der Waals surface area contributed by atoms with Crippen molar-refractivity contribution in [3.05, 3.63) is 47.5 Å². The van der Waals surface area contributed by atoms with Gasteiger partial charge in [0.15, 0.2) is 17.6 Å². The van der Waals surface area contributed by atoms with Crippen LogP contribution in [0.15, 0.2) is 41.3 Å². The maximum atomic E-state index is 12.3. The van der Waals surface area contributed by atoms with Gasteiger partial charge in [0, 0.05) is 16.6 Å². The first-order valence-corrected chi connectivity index (χ1v) is 9.75. The number of carbonyl (C=O) groups is 2. The standard InChI is InChI=1S/C21H25NO5S/c1-13-6-9-19(14(2)10-13)28-12-20(23)27-15(3)21(24)22-16-7-8-17(25-4)18(11-16)26-5/h6-11,15H,12H2,1-5H3,(H,22,24)/t15-/m1/s1. The van der Waals surface area contributed by atoms with E-state index in [1.807, 2.05) is 26.0 Å². The molecule has 1 amide bonds. The molecule has 0 aliphatic heterocycles. The van der Waals surface area contributed by atoms with E-state index in [1.54, 1.807) is 18.2 Å². The van der Waals surface area contributed by atoms with E-state index in [9.17, 15) is 9.59 Å².